The number of rotatable bonds is 4. The van der Waals surface area contributed by atoms with E-state index in [9.17, 15) is 14.7 Å². The number of nitrogens with one attached hydrogen (secondary N) is 1. The zero-order valence-corrected chi connectivity index (χ0v) is 15.0. The Bertz CT molecular complexity index is 847. The van der Waals surface area contributed by atoms with Gasteiger partial charge in [0.1, 0.15) is 11.4 Å². The van der Waals surface area contributed by atoms with Crippen LogP contribution < -0.4 is 11.0 Å². The molecule has 0 unspecified atom stereocenters. The molecule has 138 valence electrons. The molecule has 4 atom stereocenters. The number of anilines is 1. The average Bonchev–Trinajstić information content (AvgIpc) is 2.85. The second kappa shape index (κ2) is 7.01. The topological polar surface area (TPSA) is 93.5 Å². The Hall–Kier alpha value is -2.51. The van der Waals surface area contributed by atoms with Gasteiger partial charge in [0, 0.05) is 17.7 Å². The van der Waals surface area contributed by atoms with Gasteiger partial charge in [0.05, 0.1) is 6.10 Å². The molecule has 0 saturated carbocycles. The van der Waals surface area contributed by atoms with Gasteiger partial charge < -0.3 is 15.2 Å². The first-order valence-corrected chi connectivity index (χ1v) is 8.68. The summed E-state index contributed by atoms with van der Waals surface area (Å²) in [5.74, 6) is -0.321. The Labute approximate surface area is 151 Å². The van der Waals surface area contributed by atoms with Crippen molar-refractivity contribution in [3.05, 3.63) is 58.6 Å². The highest BCUT2D eigenvalue weighted by molar-refractivity contribution is 6.03. The molecule has 1 aliphatic heterocycles. The van der Waals surface area contributed by atoms with Crippen LogP contribution in [0, 0.1) is 5.92 Å². The van der Waals surface area contributed by atoms with E-state index in [1.54, 1.807) is 31.2 Å². The average molecular weight is 357 g/mol. The summed E-state index contributed by atoms with van der Waals surface area (Å²) in [5.41, 5.74) is -1.31. The molecular weight excluding hydrogens is 334 g/mol. The number of nitrogens with zero attached hydrogens (tertiary/aromatic N) is 2. The number of aromatic nitrogens is 2. The van der Waals surface area contributed by atoms with Crippen molar-refractivity contribution in [3.63, 3.8) is 0 Å². The van der Waals surface area contributed by atoms with Crippen molar-refractivity contribution < 1.29 is 14.6 Å². The Morgan fingerprint density at radius 1 is 1.35 bits per heavy atom. The third-order valence-electron chi connectivity index (χ3n) is 5.05. The number of carbonyl (C=O) groups excluding carboxylic acids is 1. The van der Waals surface area contributed by atoms with Crippen LogP contribution in [-0.2, 0) is 4.74 Å². The van der Waals surface area contributed by atoms with Gasteiger partial charge in [-0.25, -0.2) is 4.79 Å². The standard InChI is InChI=1S/C19H23N3O4/c1-4-14-12(2)19(3,25)17(26-14)22-11-10-15(21-18(22)24)20-16(23)13-8-6-5-7-9-13/h5-12,14,17,25H,4H2,1-3H3,(H,20,21,23,24)/t12-,14-,17-,19+/m1/s1. The van der Waals surface area contributed by atoms with E-state index in [0.717, 1.165) is 6.42 Å². The number of ether oxygens (including phenoxy) is 1. The largest absolute Gasteiger partial charge is 0.385 e. The van der Waals surface area contributed by atoms with E-state index in [1.165, 1.54) is 16.8 Å². The van der Waals surface area contributed by atoms with E-state index in [0.29, 0.717) is 5.56 Å². The van der Waals surface area contributed by atoms with E-state index in [4.69, 9.17) is 4.74 Å². The van der Waals surface area contributed by atoms with Gasteiger partial charge in [-0.05, 0) is 31.5 Å². The minimum atomic E-state index is -1.19. The molecule has 7 heteroatoms. The Morgan fingerprint density at radius 2 is 2.04 bits per heavy atom. The first-order chi connectivity index (χ1) is 12.3. The zero-order chi connectivity index (χ0) is 18.9. The summed E-state index contributed by atoms with van der Waals surface area (Å²) >= 11 is 0. The van der Waals surface area contributed by atoms with Crippen molar-refractivity contribution in [1.29, 1.82) is 0 Å². The van der Waals surface area contributed by atoms with Crippen molar-refractivity contribution in [2.45, 2.75) is 45.1 Å². The van der Waals surface area contributed by atoms with Gasteiger partial charge in [0.15, 0.2) is 6.23 Å². The minimum absolute atomic E-state index is 0.123. The van der Waals surface area contributed by atoms with Crippen molar-refractivity contribution in [1.82, 2.24) is 9.55 Å². The Balaban J connectivity index is 1.82. The number of hydrogen-bond donors (Lipinski definition) is 2. The number of carbonyl (C=O) groups is 1. The van der Waals surface area contributed by atoms with Crippen molar-refractivity contribution in [2.24, 2.45) is 5.92 Å². The highest BCUT2D eigenvalue weighted by Crippen LogP contribution is 2.42. The van der Waals surface area contributed by atoms with Crippen LogP contribution in [0.3, 0.4) is 0 Å². The van der Waals surface area contributed by atoms with Crippen LogP contribution in [-0.4, -0.2) is 32.3 Å². The fourth-order valence-electron chi connectivity index (χ4n) is 3.26. The molecule has 1 aliphatic rings. The summed E-state index contributed by atoms with van der Waals surface area (Å²) in [7, 11) is 0. The normalized spacial score (nSPS) is 28.1. The lowest BCUT2D eigenvalue weighted by molar-refractivity contribution is -0.0875. The molecule has 1 fully saturated rings. The van der Waals surface area contributed by atoms with Crippen molar-refractivity contribution >= 4 is 11.7 Å². The Kier molecular flexibility index (Phi) is 4.93. The van der Waals surface area contributed by atoms with Gasteiger partial charge in [-0.15, -0.1) is 0 Å². The molecule has 26 heavy (non-hydrogen) atoms. The molecule has 3 rings (SSSR count). The Morgan fingerprint density at radius 3 is 2.62 bits per heavy atom. The van der Waals surface area contributed by atoms with E-state index >= 15 is 0 Å². The highest BCUT2D eigenvalue weighted by Gasteiger charge is 2.50. The van der Waals surface area contributed by atoms with Crippen LogP contribution in [0.1, 0.15) is 43.8 Å². The maximum Gasteiger partial charge on any atom is 0.351 e. The van der Waals surface area contributed by atoms with Crippen LogP contribution in [0.2, 0.25) is 0 Å². The van der Waals surface area contributed by atoms with Crippen LogP contribution >= 0.6 is 0 Å². The fourth-order valence-corrected chi connectivity index (χ4v) is 3.26. The lowest BCUT2D eigenvalue weighted by atomic mass is 9.87. The summed E-state index contributed by atoms with van der Waals surface area (Å²) < 4.78 is 7.15. The summed E-state index contributed by atoms with van der Waals surface area (Å²) in [6, 6.07) is 10.2. The van der Waals surface area contributed by atoms with Crippen LogP contribution in [0.5, 0.6) is 0 Å². The molecule has 0 radical (unpaired) electrons. The van der Waals surface area contributed by atoms with E-state index < -0.39 is 17.5 Å². The molecular formula is C19H23N3O4. The molecule has 1 saturated heterocycles. The molecule has 2 aromatic rings. The smallest absolute Gasteiger partial charge is 0.351 e. The van der Waals surface area contributed by atoms with E-state index in [-0.39, 0.29) is 23.7 Å². The summed E-state index contributed by atoms with van der Waals surface area (Å²) in [6.07, 6.45) is 1.27. The number of aliphatic hydroxyl groups is 1. The van der Waals surface area contributed by atoms with Gasteiger partial charge in [0.2, 0.25) is 0 Å². The van der Waals surface area contributed by atoms with Gasteiger partial charge in [0.25, 0.3) is 5.91 Å². The van der Waals surface area contributed by atoms with Crippen molar-refractivity contribution in [2.75, 3.05) is 5.32 Å². The third kappa shape index (κ3) is 3.27. The fraction of sp³-hybridized carbons (Fsp3) is 0.421. The quantitative estimate of drug-likeness (QED) is 0.875. The van der Waals surface area contributed by atoms with Crippen LogP contribution in [0.25, 0.3) is 0 Å². The van der Waals surface area contributed by atoms with Crippen LogP contribution in [0.15, 0.2) is 47.4 Å². The zero-order valence-electron chi connectivity index (χ0n) is 15.0. The number of benzene rings is 1. The molecule has 2 heterocycles. The molecule has 7 nitrogen and oxygen atoms in total. The van der Waals surface area contributed by atoms with Gasteiger partial charge in [-0.3, -0.25) is 9.36 Å². The molecule has 1 amide bonds. The van der Waals surface area contributed by atoms with Crippen molar-refractivity contribution in [3.8, 4) is 0 Å². The van der Waals surface area contributed by atoms with E-state index in [2.05, 4.69) is 10.3 Å². The summed E-state index contributed by atoms with van der Waals surface area (Å²) in [5, 5.41) is 13.4. The van der Waals surface area contributed by atoms with Gasteiger partial charge >= 0.3 is 5.69 Å². The third-order valence-corrected chi connectivity index (χ3v) is 5.05. The predicted octanol–water partition coefficient (Wildman–Crippen LogP) is 2.19. The predicted molar refractivity (Wildman–Crippen MR) is 96.9 cm³/mol. The number of amides is 1. The highest BCUT2D eigenvalue weighted by atomic mass is 16.5. The van der Waals surface area contributed by atoms with Gasteiger partial charge in [-0.1, -0.05) is 32.0 Å². The molecule has 0 aliphatic carbocycles. The molecule has 2 N–H and O–H groups in total. The second-order valence-electron chi connectivity index (χ2n) is 6.77. The maximum absolute atomic E-state index is 12.4. The van der Waals surface area contributed by atoms with Gasteiger partial charge in [-0.2, -0.15) is 4.98 Å². The molecule has 1 aromatic carbocycles. The summed E-state index contributed by atoms with van der Waals surface area (Å²) in [6.45, 7) is 5.54. The van der Waals surface area contributed by atoms with E-state index in [1.807, 2.05) is 19.9 Å². The summed E-state index contributed by atoms with van der Waals surface area (Å²) in [4.78, 5) is 28.5. The van der Waals surface area contributed by atoms with Crippen LogP contribution in [0.4, 0.5) is 5.82 Å². The lowest BCUT2D eigenvalue weighted by Crippen LogP contribution is -2.41. The monoisotopic (exact) mass is 357 g/mol. The lowest BCUT2D eigenvalue weighted by Gasteiger charge is -2.28. The number of hydrogen-bond acceptors (Lipinski definition) is 5. The second-order valence-corrected chi connectivity index (χ2v) is 6.77. The first-order valence-electron chi connectivity index (χ1n) is 8.68. The molecule has 0 spiro atoms. The molecule has 1 aromatic heterocycles. The SMILES string of the molecule is CC[C@H]1O[C@@H](n2ccc(NC(=O)c3ccccc3)nc2=O)[C@@](C)(O)[C@@H]1C. The first kappa shape index (κ1) is 18.3. The maximum atomic E-state index is 12.4. The molecule has 0 bridgehead atoms. The minimum Gasteiger partial charge on any atom is -0.385 e.